The van der Waals surface area contributed by atoms with E-state index in [0.717, 1.165) is 6.42 Å². The largest absolute Gasteiger partial charge is 0.481 e. The first-order valence-corrected chi connectivity index (χ1v) is 7.49. The van der Waals surface area contributed by atoms with E-state index in [1.54, 1.807) is 12.0 Å². The van der Waals surface area contributed by atoms with Gasteiger partial charge in [-0.2, -0.15) is 0 Å². The molecule has 1 saturated carbocycles. The van der Waals surface area contributed by atoms with E-state index < -0.39 is 5.97 Å². The predicted octanol–water partition coefficient (Wildman–Crippen LogP) is 0.685. The number of ether oxygens (including phenoxy) is 2. The molecule has 0 radical (unpaired) electrons. The molecule has 0 aromatic carbocycles. The topological polar surface area (TPSA) is 88.1 Å². The summed E-state index contributed by atoms with van der Waals surface area (Å²) in [5.41, 5.74) is 0. The van der Waals surface area contributed by atoms with E-state index in [4.69, 9.17) is 14.6 Å². The van der Waals surface area contributed by atoms with Crippen LogP contribution in [-0.4, -0.2) is 67.1 Å². The molecule has 2 fully saturated rings. The SMILES string of the molecule is CCOC1CC(NC(=O)N2CCC(C(=O)O)CC2)C1OC. The first kappa shape index (κ1) is 16.0. The van der Waals surface area contributed by atoms with Crippen molar-refractivity contribution >= 4 is 12.0 Å². The van der Waals surface area contributed by atoms with E-state index in [9.17, 15) is 9.59 Å². The zero-order chi connectivity index (χ0) is 15.4. The first-order valence-electron chi connectivity index (χ1n) is 7.49. The van der Waals surface area contributed by atoms with Crippen molar-refractivity contribution in [2.45, 2.75) is 44.4 Å². The summed E-state index contributed by atoms with van der Waals surface area (Å²) in [6, 6.07) is -0.169. The van der Waals surface area contributed by atoms with Gasteiger partial charge >= 0.3 is 12.0 Å². The molecule has 3 unspecified atom stereocenters. The summed E-state index contributed by atoms with van der Waals surface area (Å²) in [6.45, 7) is 3.54. The number of aliphatic carboxylic acids is 1. The Hall–Kier alpha value is -1.34. The number of amides is 2. The predicted molar refractivity (Wildman–Crippen MR) is 75.1 cm³/mol. The Morgan fingerprint density at radius 3 is 2.52 bits per heavy atom. The minimum atomic E-state index is -0.770. The molecular formula is C14H24N2O5. The number of carbonyl (C=O) groups is 2. The summed E-state index contributed by atoms with van der Waals surface area (Å²) >= 11 is 0. The molecule has 7 nitrogen and oxygen atoms in total. The van der Waals surface area contributed by atoms with Crippen LogP contribution in [-0.2, 0) is 14.3 Å². The van der Waals surface area contributed by atoms with Crippen molar-refractivity contribution in [3.8, 4) is 0 Å². The smallest absolute Gasteiger partial charge is 0.317 e. The average molecular weight is 300 g/mol. The number of carbonyl (C=O) groups excluding carboxylic acids is 1. The van der Waals surface area contributed by atoms with Crippen LogP contribution in [0.25, 0.3) is 0 Å². The van der Waals surface area contributed by atoms with E-state index in [0.29, 0.717) is 32.5 Å². The van der Waals surface area contributed by atoms with Gasteiger partial charge in [0.25, 0.3) is 0 Å². The second-order valence-electron chi connectivity index (χ2n) is 5.59. The summed E-state index contributed by atoms with van der Waals surface area (Å²) in [4.78, 5) is 24.7. The number of urea groups is 1. The van der Waals surface area contributed by atoms with Crippen LogP contribution in [0.2, 0.25) is 0 Å². The van der Waals surface area contributed by atoms with Gasteiger partial charge < -0.3 is 24.8 Å². The van der Waals surface area contributed by atoms with Crippen molar-refractivity contribution < 1.29 is 24.2 Å². The summed E-state index contributed by atoms with van der Waals surface area (Å²) in [6.07, 6.45) is 1.73. The molecule has 0 spiro atoms. The molecule has 2 aliphatic rings. The Morgan fingerprint density at radius 1 is 1.33 bits per heavy atom. The maximum atomic E-state index is 12.2. The van der Waals surface area contributed by atoms with E-state index in [1.165, 1.54) is 0 Å². The molecule has 1 saturated heterocycles. The fraction of sp³-hybridized carbons (Fsp3) is 0.857. The Morgan fingerprint density at radius 2 is 2.00 bits per heavy atom. The van der Waals surface area contributed by atoms with Crippen molar-refractivity contribution in [3.63, 3.8) is 0 Å². The number of rotatable bonds is 5. The lowest BCUT2D eigenvalue weighted by Gasteiger charge is -2.44. The number of carboxylic acids is 1. The van der Waals surface area contributed by atoms with Crippen molar-refractivity contribution in [1.82, 2.24) is 10.2 Å². The minimum Gasteiger partial charge on any atom is -0.481 e. The molecular weight excluding hydrogens is 276 g/mol. The minimum absolute atomic E-state index is 0.0313. The number of hydrogen-bond donors (Lipinski definition) is 2. The zero-order valence-corrected chi connectivity index (χ0v) is 12.6. The second-order valence-corrected chi connectivity index (χ2v) is 5.59. The molecule has 2 N–H and O–H groups in total. The van der Waals surface area contributed by atoms with E-state index in [2.05, 4.69) is 5.32 Å². The zero-order valence-electron chi connectivity index (χ0n) is 12.6. The Labute approximate surface area is 124 Å². The molecule has 0 aromatic heterocycles. The maximum absolute atomic E-state index is 12.2. The van der Waals surface area contributed by atoms with Gasteiger partial charge in [0.1, 0.15) is 6.10 Å². The van der Waals surface area contributed by atoms with Crippen molar-refractivity contribution in [2.24, 2.45) is 5.92 Å². The molecule has 3 atom stereocenters. The van der Waals surface area contributed by atoms with Gasteiger partial charge in [-0.25, -0.2) is 4.79 Å². The van der Waals surface area contributed by atoms with Crippen LogP contribution >= 0.6 is 0 Å². The molecule has 2 amide bonds. The lowest BCUT2D eigenvalue weighted by Crippen LogP contribution is -2.63. The summed E-state index contributed by atoms with van der Waals surface area (Å²) in [7, 11) is 1.62. The highest BCUT2D eigenvalue weighted by Gasteiger charge is 2.43. The normalized spacial score (nSPS) is 29.8. The van der Waals surface area contributed by atoms with Crippen LogP contribution in [0.3, 0.4) is 0 Å². The molecule has 21 heavy (non-hydrogen) atoms. The second kappa shape index (κ2) is 7.09. The fourth-order valence-corrected chi connectivity index (χ4v) is 3.00. The van der Waals surface area contributed by atoms with Gasteiger partial charge in [0, 0.05) is 26.8 Å². The van der Waals surface area contributed by atoms with Gasteiger partial charge in [0.05, 0.1) is 18.1 Å². The highest BCUT2D eigenvalue weighted by molar-refractivity contribution is 5.76. The van der Waals surface area contributed by atoms with Gasteiger partial charge in [0.15, 0.2) is 0 Å². The lowest BCUT2D eigenvalue weighted by atomic mass is 9.85. The van der Waals surface area contributed by atoms with Crippen molar-refractivity contribution in [3.05, 3.63) is 0 Å². The monoisotopic (exact) mass is 300 g/mol. The Kier molecular flexibility index (Phi) is 5.41. The van der Waals surface area contributed by atoms with Crippen molar-refractivity contribution in [1.29, 1.82) is 0 Å². The summed E-state index contributed by atoms with van der Waals surface area (Å²) in [5, 5.41) is 11.9. The van der Waals surface area contributed by atoms with Crippen LogP contribution in [0.15, 0.2) is 0 Å². The maximum Gasteiger partial charge on any atom is 0.317 e. The highest BCUT2D eigenvalue weighted by Crippen LogP contribution is 2.27. The number of hydrogen-bond acceptors (Lipinski definition) is 4. The Balaban J connectivity index is 1.77. The van der Waals surface area contributed by atoms with Gasteiger partial charge in [-0.1, -0.05) is 0 Å². The molecule has 0 aromatic rings. The van der Waals surface area contributed by atoms with Crippen LogP contribution in [0, 0.1) is 5.92 Å². The summed E-state index contributed by atoms with van der Waals surface area (Å²) < 4.78 is 10.9. The van der Waals surface area contributed by atoms with Gasteiger partial charge in [-0.3, -0.25) is 4.79 Å². The number of carboxylic acid groups (broad SMARTS) is 1. The quantitative estimate of drug-likeness (QED) is 0.779. The average Bonchev–Trinajstić information content (AvgIpc) is 2.46. The molecule has 2 rings (SSSR count). The Bertz CT molecular complexity index is 382. The van der Waals surface area contributed by atoms with Crippen molar-refractivity contribution in [2.75, 3.05) is 26.8 Å². The third-order valence-corrected chi connectivity index (χ3v) is 4.34. The molecule has 120 valence electrons. The number of nitrogens with zero attached hydrogens (tertiary/aromatic N) is 1. The van der Waals surface area contributed by atoms with Crippen LogP contribution < -0.4 is 5.32 Å². The number of methoxy groups -OCH3 is 1. The van der Waals surface area contributed by atoms with Gasteiger partial charge in [0.2, 0.25) is 0 Å². The third-order valence-electron chi connectivity index (χ3n) is 4.34. The van der Waals surface area contributed by atoms with Crippen LogP contribution in [0.4, 0.5) is 4.79 Å². The molecule has 7 heteroatoms. The number of likely N-dealkylation sites (tertiary alicyclic amines) is 1. The molecule has 1 aliphatic heterocycles. The van der Waals surface area contributed by atoms with E-state index in [1.807, 2.05) is 6.92 Å². The van der Waals surface area contributed by atoms with E-state index in [-0.39, 0.29) is 30.2 Å². The number of piperidine rings is 1. The van der Waals surface area contributed by atoms with Gasteiger partial charge in [-0.05, 0) is 26.2 Å². The molecule has 1 heterocycles. The lowest BCUT2D eigenvalue weighted by molar-refractivity contribution is -0.143. The fourth-order valence-electron chi connectivity index (χ4n) is 3.00. The summed E-state index contributed by atoms with van der Waals surface area (Å²) in [5.74, 6) is -1.10. The first-order chi connectivity index (χ1) is 10.1. The number of nitrogens with one attached hydrogen (secondary N) is 1. The third kappa shape index (κ3) is 3.65. The molecule has 0 bridgehead atoms. The van der Waals surface area contributed by atoms with Crippen LogP contribution in [0.1, 0.15) is 26.2 Å². The van der Waals surface area contributed by atoms with E-state index >= 15 is 0 Å². The highest BCUT2D eigenvalue weighted by atomic mass is 16.5. The molecule has 1 aliphatic carbocycles. The van der Waals surface area contributed by atoms with Gasteiger partial charge in [-0.15, -0.1) is 0 Å². The van der Waals surface area contributed by atoms with Crippen LogP contribution in [0.5, 0.6) is 0 Å². The standard InChI is InChI=1S/C14H24N2O5/c1-3-21-11-8-10(12(11)20-2)15-14(19)16-6-4-9(5-7-16)13(17)18/h9-12H,3-8H2,1-2H3,(H,15,19)(H,17,18).